The topological polar surface area (TPSA) is 37.3 Å². The normalized spacial score (nSPS) is 12.1. The molecule has 4 heteroatoms. The number of hydrogen-bond donors (Lipinski definition) is 1. The summed E-state index contributed by atoms with van der Waals surface area (Å²) in [5.41, 5.74) is 2.61. The molecular weight excluding hydrogens is 316 g/mol. The van der Waals surface area contributed by atoms with Crippen molar-refractivity contribution in [3.63, 3.8) is 0 Å². The van der Waals surface area contributed by atoms with E-state index in [1.807, 2.05) is 36.4 Å². The average molecular weight is 326 g/mol. The number of carboxylic acid groups (broad SMARTS) is 1. The fourth-order valence-corrected chi connectivity index (χ4v) is 2.22. The minimum absolute atomic E-state index is 0.680. The minimum Gasteiger partial charge on any atom is -0.480 e. The maximum absolute atomic E-state index is 10.8. The molecule has 0 saturated heterocycles. The summed E-state index contributed by atoms with van der Waals surface area (Å²) in [7, 11) is 0. The van der Waals surface area contributed by atoms with Gasteiger partial charge < -0.3 is 5.11 Å². The van der Waals surface area contributed by atoms with Gasteiger partial charge in [0.15, 0.2) is 0 Å². The van der Waals surface area contributed by atoms with Crippen LogP contribution in [0.4, 0.5) is 0 Å². The molecule has 2 aromatic rings. The quantitative estimate of drug-likeness (QED) is 0.842. The first-order valence-electron chi connectivity index (χ1n) is 5.31. The van der Waals surface area contributed by atoms with Crippen LogP contribution in [0, 0.1) is 0 Å². The van der Waals surface area contributed by atoms with Crippen molar-refractivity contribution in [1.29, 1.82) is 0 Å². The van der Waals surface area contributed by atoms with E-state index in [2.05, 4.69) is 15.9 Å². The molecule has 2 aromatic carbocycles. The van der Waals surface area contributed by atoms with Crippen molar-refractivity contribution >= 4 is 33.5 Å². The summed E-state index contributed by atoms with van der Waals surface area (Å²) in [6.07, 6.45) is 0. The highest BCUT2D eigenvalue weighted by Crippen LogP contribution is 2.30. The van der Waals surface area contributed by atoms with Crippen molar-refractivity contribution in [2.24, 2.45) is 0 Å². The van der Waals surface area contributed by atoms with Gasteiger partial charge in [-0.1, -0.05) is 70.0 Å². The molecule has 1 unspecified atom stereocenters. The highest BCUT2D eigenvalue weighted by Gasteiger charge is 2.15. The third-order valence-electron chi connectivity index (χ3n) is 2.61. The molecule has 0 spiro atoms. The van der Waals surface area contributed by atoms with Gasteiger partial charge in [0, 0.05) is 10.6 Å². The fraction of sp³-hybridized carbons (Fsp3) is 0.0714. The predicted molar refractivity (Wildman–Crippen MR) is 76.2 cm³/mol. The van der Waals surface area contributed by atoms with Crippen LogP contribution in [0.2, 0.25) is 5.02 Å². The number of rotatable bonds is 3. The van der Waals surface area contributed by atoms with Crippen LogP contribution < -0.4 is 0 Å². The molecule has 0 amide bonds. The van der Waals surface area contributed by atoms with Gasteiger partial charge in [-0.05, 0) is 17.2 Å². The van der Waals surface area contributed by atoms with E-state index in [9.17, 15) is 4.79 Å². The lowest BCUT2D eigenvalue weighted by Gasteiger charge is -2.08. The van der Waals surface area contributed by atoms with E-state index < -0.39 is 10.8 Å². The molecule has 2 nitrogen and oxygen atoms in total. The average Bonchev–Trinajstić information content (AvgIpc) is 2.38. The Morgan fingerprint density at radius 1 is 1.11 bits per heavy atom. The summed E-state index contributed by atoms with van der Waals surface area (Å²) in [4.78, 5) is 10.2. The summed E-state index contributed by atoms with van der Waals surface area (Å²) in [6.45, 7) is 0. The van der Waals surface area contributed by atoms with E-state index in [4.69, 9.17) is 16.7 Å². The van der Waals surface area contributed by atoms with Gasteiger partial charge in [-0.2, -0.15) is 0 Å². The number of carbonyl (C=O) groups is 1. The molecule has 2 rings (SSSR count). The van der Waals surface area contributed by atoms with Crippen molar-refractivity contribution in [2.45, 2.75) is 4.83 Å². The van der Waals surface area contributed by atoms with Gasteiger partial charge in [-0.3, -0.25) is 4.79 Å². The molecule has 0 fully saturated rings. The lowest BCUT2D eigenvalue weighted by Crippen LogP contribution is -2.03. The first kappa shape index (κ1) is 13.1. The lowest BCUT2D eigenvalue weighted by molar-refractivity contribution is -0.136. The van der Waals surface area contributed by atoms with Crippen molar-refractivity contribution in [1.82, 2.24) is 0 Å². The number of benzene rings is 2. The molecule has 92 valence electrons. The van der Waals surface area contributed by atoms with E-state index in [0.717, 1.165) is 11.1 Å². The Morgan fingerprint density at radius 2 is 1.72 bits per heavy atom. The summed E-state index contributed by atoms with van der Waals surface area (Å²) in [5.74, 6) is -0.902. The van der Waals surface area contributed by atoms with Crippen molar-refractivity contribution in [3.05, 3.63) is 59.1 Å². The Morgan fingerprint density at radius 3 is 2.28 bits per heavy atom. The van der Waals surface area contributed by atoms with E-state index >= 15 is 0 Å². The van der Waals surface area contributed by atoms with Crippen molar-refractivity contribution < 1.29 is 9.90 Å². The van der Waals surface area contributed by atoms with Gasteiger partial charge >= 0.3 is 5.97 Å². The second kappa shape index (κ2) is 5.55. The zero-order valence-corrected chi connectivity index (χ0v) is 11.6. The molecule has 0 bridgehead atoms. The van der Waals surface area contributed by atoms with E-state index in [0.29, 0.717) is 10.6 Å². The first-order valence-corrected chi connectivity index (χ1v) is 6.60. The smallest absolute Gasteiger partial charge is 0.321 e. The van der Waals surface area contributed by atoms with E-state index in [1.54, 1.807) is 12.1 Å². The van der Waals surface area contributed by atoms with Gasteiger partial charge in [-0.25, -0.2) is 0 Å². The number of aliphatic carboxylic acids is 1. The molecule has 18 heavy (non-hydrogen) atoms. The van der Waals surface area contributed by atoms with Crippen molar-refractivity contribution in [3.8, 4) is 11.1 Å². The van der Waals surface area contributed by atoms with Gasteiger partial charge in [-0.15, -0.1) is 0 Å². The van der Waals surface area contributed by atoms with Gasteiger partial charge in [0.2, 0.25) is 0 Å². The summed E-state index contributed by atoms with van der Waals surface area (Å²) < 4.78 is 0. The zero-order chi connectivity index (χ0) is 13.1. The predicted octanol–water partition coefficient (Wildman–Crippen LogP) is 4.53. The Bertz CT molecular complexity index is 566. The molecule has 0 aliphatic rings. The third kappa shape index (κ3) is 2.74. The summed E-state index contributed by atoms with van der Waals surface area (Å²) in [5, 5.41) is 9.58. The second-order valence-electron chi connectivity index (χ2n) is 3.80. The molecule has 0 aromatic heterocycles. The molecule has 0 aliphatic heterocycles. The molecule has 0 radical (unpaired) electrons. The molecule has 0 saturated carbocycles. The zero-order valence-electron chi connectivity index (χ0n) is 9.31. The van der Waals surface area contributed by atoms with Crippen LogP contribution >= 0.6 is 27.5 Å². The van der Waals surface area contributed by atoms with E-state index in [-0.39, 0.29) is 0 Å². The Hall–Kier alpha value is -1.32. The molecule has 1 N–H and O–H groups in total. The second-order valence-corrected chi connectivity index (χ2v) is 5.13. The molecule has 1 atom stereocenters. The third-order valence-corrected chi connectivity index (χ3v) is 3.85. The van der Waals surface area contributed by atoms with Gasteiger partial charge in [0.25, 0.3) is 0 Å². The maximum Gasteiger partial charge on any atom is 0.321 e. The monoisotopic (exact) mass is 324 g/mol. The standard InChI is InChI=1S/C14H10BrClO2/c15-13(14(17)18)10-7-5-9(6-8-10)11-3-1-2-4-12(11)16/h1-8,13H,(H,17,18). The number of carboxylic acids is 1. The lowest BCUT2D eigenvalue weighted by atomic mass is 10.0. The van der Waals surface area contributed by atoms with Crippen LogP contribution in [0.25, 0.3) is 11.1 Å². The largest absolute Gasteiger partial charge is 0.480 e. The molecule has 0 aliphatic carbocycles. The van der Waals surface area contributed by atoms with Gasteiger partial charge in [0.1, 0.15) is 4.83 Å². The number of alkyl halides is 1. The minimum atomic E-state index is -0.902. The van der Waals surface area contributed by atoms with Crippen molar-refractivity contribution in [2.75, 3.05) is 0 Å². The highest BCUT2D eigenvalue weighted by atomic mass is 79.9. The first-order chi connectivity index (χ1) is 8.59. The summed E-state index contributed by atoms with van der Waals surface area (Å²) in [6, 6.07) is 14.9. The maximum atomic E-state index is 10.8. The Kier molecular flexibility index (Phi) is 4.04. The fourth-order valence-electron chi connectivity index (χ4n) is 1.67. The highest BCUT2D eigenvalue weighted by molar-refractivity contribution is 9.09. The van der Waals surface area contributed by atoms with Gasteiger partial charge in [0.05, 0.1) is 0 Å². The van der Waals surface area contributed by atoms with Crippen LogP contribution in [0.1, 0.15) is 10.4 Å². The molecule has 0 heterocycles. The van der Waals surface area contributed by atoms with Crippen LogP contribution in [0.5, 0.6) is 0 Å². The van der Waals surface area contributed by atoms with E-state index in [1.165, 1.54) is 0 Å². The molecular formula is C14H10BrClO2. The van der Waals surface area contributed by atoms with Crippen LogP contribution in [0.15, 0.2) is 48.5 Å². The summed E-state index contributed by atoms with van der Waals surface area (Å²) >= 11 is 9.23. The Labute approximate surface area is 118 Å². The van der Waals surface area contributed by atoms with Crippen LogP contribution in [-0.4, -0.2) is 11.1 Å². The Balaban J connectivity index is 2.34. The van der Waals surface area contributed by atoms with Crippen LogP contribution in [-0.2, 0) is 4.79 Å². The SMILES string of the molecule is O=C(O)C(Br)c1ccc(-c2ccccc2Cl)cc1. The van der Waals surface area contributed by atoms with Crippen LogP contribution in [0.3, 0.4) is 0 Å². The number of halogens is 2. The number of hydrogen-bond acceptors (Lipinski definition) is 1.